The molecule has 3 rings (SSSR count). The molecular formula is C22H21F3. The van der Waals surface area contributed by atoms with Gasteiger partial charge < -0.3 is 0 Å². The van der Waals surface area contributed by atoms with Crippen molar-refractivity contribution in [3.05, 3.63) is 72.3 Å². The summed E-state index contributed by atoms with van der Waals surface area (Å²) in [7, 11) is 0. The van der Waals surface area contributed by atoms with E-state index < -0.39 is 12.6 Å². The van der Waals surface area contributed by atoms with Gasteiger partial charge >= 0.3 is 6.18 Å². The Kier molecular flexibility index (Phi) is 5.42. The lowest BCUT2D eigenvalue weighted by atomic mass is 9.99. The van der Waals surface area contributed by atoms with Crippen LogP contribution in [0.2, 0.25) is 0 Å². The fourth-order valence-corrected chi connectivity index (χ4v) is 3.06. The van der Waals surface area contributed by atoms with Gasteiger partial charge in [-0.15, -0.1) is 0 Å². The van der Waals surface area contributed by atoms with Gasteiger partial charge in [-0.2, -0.15) is 13.2 Å². The smallest absolute Gasteiger partial charge is 0.171 e. The van der Waals surface area contributed by atoms with Crippen LogP contribution in [0.1, 0.15) is 31.2 Å². The molecule has 0 fully saturated rings. The van der Waals surface area contributed by atoms with Crippen molar-refractivity contribution in [2.24, 2.45) is 0 Å². The molecule has 0 unspecified atom stereocenters. The summed E-state index contributed by atoms with van der Waals surface area (Å²) < 4.78 is 36.3. The monoisotopic (exact) mass is 342 g/mol. The number of benzene rings is 3. The Morgan fingerprint density at radius 2 is 1.32 bits per heavy atom. The maximum absolute atomic E-state index is 12.1. The third-order valence-electron chi connectivity index (χ3n) is 4.46. The number of rotatable bonds is 6. The van der Waals surface area contributed by atoms with Crippen LogP contribution in [0.25, 0.3) is 21.9 Å². The van der Waals surface area contributed by atoms with E-state index in [9.17, 15) is 13.2 Å². The van der Waals surface area contributed by atoms with Gasteiger partial charge in [0.15, 0.2) is 0 Å². The number of alkyl halides is 3. The minimum atomic E-state index is -4.03. The van der Waals surface area contributed by atoms with E-state index in [1.165, 1.54) is 21.9 Å². The van der Waals surface area contributed by atoms with Crippen molar-refractivity contribution < 1.29 is 13.2 Å². The summed E-state index contributed by atoms with van der Waals surface area (Å²) in [6.45, 7) is 0. The highest BCUT2D eigenvalue weighted by Crippen LogP contribution is 2.26. The summed E-state index contributed by atoms with van der Waals surface area (Å²) in [5.74, 6) is 0. The maximum atomic E-state index is 12.1. The number of halogens is 3. The van der Waals surface area contributed by atoms with E-state index in [0.29, 0.717) is 6.42 Å². The van der Waals surface area contributed by atoms with Crippen LogP contribution < -0.4 is 0 Å². The van der Waals surface area contributed by atoms with Crippen LogP contribution in [-0.4, -0.2) is 6.18 Å². The molecular weight excluding hydrogens is 321 g/mol. The molecule has 0 nitrogen and oxygen atoms in total. The van der Waals surface area contributed by atoms with Gasteiger partial charge in [0.1, 0.15) is 0 Å². The first-order chi connectivity index (χ1) is 12.0. The van der Waals surface area contributed by atoms with Gasteiger partial charge in [-0.3, -0.25) is 0 Å². The molecule has 0 heterocycles. The van der Waals surface area contributed by atoms with E-state index in [1.54, 1.807) is 0 Å². The van der Waals surface area contributed by atoms with E-state index in [1.807, 2.05) is 12.1 Å². The SMILES string of the molecule is FC(F)(F)CCCCCc1ccc(-c2ccc3ccccc3c2)cc1. The van der Waals surface area contributed by atoms with Crippen molar-refractivity contribution in [2.75, 3.05) is 0 Å². The Labute approximate surface area is 146 Å². The highest BCUT2D eigenvalue weighted by atomic mass is 19.4. The van der Waals surface area contributed by atoms with E-state index in [4.69, 9.17) is 0 Å². The molecule has 0 saturated carbocycles. The lowest BCUT2D eigenvalue weighted by molar-refractivity contribution is -0.135. The molecule has 3 aromatic rings. The zero-order valence-corrected chi connectivity index (χ0v) is 14.0. The van der Waals surface area contributed by atoms with E-state index in [2.05, 4.69) is 54.6 Å². The molecule has 0 aliphatic heterocycles. The van der Waals surface area contributed by atoms with Crippen LogP contribution >= 0.6 is 0 Å². The molecule has 3 aromatic carbocycles. The Bertz CT molecular complexity index is 817. The summed E-state index contributed by atoms with van der Waals surface area (Å²) in [6.07, 6.45) is -2.23. The summed E-state index contributed by atoms with van der Waals surface area (Å²) in [6, 6.07) is 23.0. The molecule has 0 spiro atoms. The second kappa shape index (κ2) is 7.73. The number of aryl methyl sites for hydroxylation is 1. The second-order valence-electron chi connectivity index (χ2n) is 6.43. The first-order valence-electron chi connectivity index (χ1n) is 8.66. The third-order valence-corrected chi connectivity index (χ3v) is 4.46. The van der Waals surface area contributed by atoms with Crippen molar-refractivity contribution in [1.29, 1.82) is 0 Å². The Morgan fingerprint density at radius 1 is 0.640 bits per heavy atom. The molecule has 25 heavy (non-hydrogen) atoms. The number of fused-ring (bicyclic) bond motifs is 1. The van der Waals surface area contributed by atoms with Crippen molar-refractivity contribution >= 4 is 10.8 Å². The van der Waals surface area contributed by atoms with Gasteiger partial charge in [-0.05, 0) is 52.8 Å². The topological polar surface area (TPSA) is 0 Å². The van der Waals surface area contributed by atoms with Gasteiger partial charge in [0, 0.05) is 6.42 Å². The van der Waals surface area contributed by atoms with Gasteiger partial charge in [0.2, 0.25) is 0 Å². The molecule has 0 N–H and O–H groups in total. The standard InChI is InChI=1S/C22H21F3/c23-22(24,25)15-5-1-2-6-17-9-11-19(12-10-17)21-14-13-18-7-3-4-8-20(18)16-21/h3-4,7-14,16H,1-2,5-6,15H2. The number of hydrogen-bond acceptors (Lipinski definition) is 0. The molecule has 0 radical (unpaired) electrons. The second-order valence-corrected chi connectivity index (χ2v) is 6.43. The van der Waals surface area contributed by atoms with Crippen molar-refractivity contribution in [2.45, 2.75) is 38.3 Å². The largest absolute Gasteiger partial charge is 0.389 e. The predicted molar refractivity (Wildman–Crippen MR) is 97.6 cm³/mol. The number of hydrogen-bond donors (Lipinski definition) is 0. The van der Waals surface area contributed by atoms with E-state index >= 15 is 0 Å². The van der Waals surface area contributed by atoms with Gasteiger partial charge in [-0.1, -0.05) is 67.1 Å². The summed E-state index contributed by atoms with van der Waals surface area (Å²) in [4.78, 5) is 0. The van der Waals surface area contributed by atoms with Crippen LogP contribution in [0.15, 0.2) is 66.7 Å². The molecule has 0 aliphatic carbocycles. The van der Waals surface area contributed by atoms with Gasteiger partial charge in [-0.25, -0.2) is 0 Å². The normalized spacial score (nSPS) is 11.8. The Morgan fingerprint density at radius 3 is 2.04 bits per heavy atom. The van der Waals surface area contributed by atoms with E-state index in [0.717, 1.165) is 18.4 Å². The molecule has 0 aliphatic rings. The molecule has 0 bridgehead atoms. The average Bonchev–Trinajstić information content (AvgIpc) is 2.60. The summed E-state index contributed by atoms with van der Waals surface area (Å²) in [5, 5.41) is 2.44. The first-order valence-corrected chi connectivity index (χ1v) is 8.66. The Hall–Kier alpha value is -2.29. The van der Waals surface area contributed by atoms with Gasteiger partial charge in [0.25, 0.3) is 0 Å². The predicted octanol–water partition coefficient (Wildman–Crippen LogP) is 7.17. The highest BCUT2D eigenvalue weighted by molar-refractivity contribution is 5.87. The van der Waals surface area contributed by atoms with Crippen LogP contribution in [-0.2, 0) is 6.42 Å². The van der Waals surface area contributed by atoms with Crippen LogP contribution in [0.3, 0.4) is 0 Å². The minimum Gasteiger partial charge on any atom is -0.171 e. The summed E-state index contributed by atoms with van der Waals surface area (Å²) >= 11 is 0. The van der Waals surface area contributed by atoms with E-state index in [-0.39, 0.29) is 6.42 Å². The zero-order valence-electron chi connectivity index (χ0n) is 14.0. The lowest BCUT2D eigenvalue weighted by Crippen LogP contribution is -2.06. The van der Waals surface area contributed by atoms with Crippen LogP contribution in [0, 0.1) is 0 Å². The maximum Gasteiger partial charge on any atom is 0.389 e. The number of unbranched alkanes of at least 4 members (excludes halogenated alkanes) is 2. The first kappa shape index (κ1) is 17.5. The third kappa shape index (κ3) is 5.09. The molecule has 3 heteroatoms. The molecule has 130 valence electrons. The van der Waals surface area contributed by atoms with Gasteiger partial charge in [0.05, 0.1) is 0 Å². The highest BCUT2D eigenvalue weighted by Gasteiger charge is 2.25. The fraction of sp³-hybridized carbons (Fsp3) is 0.273. The van der Waals surface area contributed by atoms with Crippen molar-refractivity contribution in [1.82, 2.24) is 0 Å². The molecule has 0 amide bonds. The molecule has 0 aromatic heterocycles. The zero-order chi connectivity index (χ0) is 17.7. The quantitative estimate of drug-likeness (QED) is 0.416. The average molecular weight is 342 g/mol. The molecule has 0 saturated heterocycles. The fourth-order valence-electron chi connectivity index (χ4n) is 3.06. The molecule has 0 atom stereocenters. The van der Waals surface area contributed by atoms with Crippen molar-refractivity contribution in [3.63, 3.8) is 0 Å². The summed E-state index contributed by atoms with van der Waals surface area (Å²) in [5.41, 5.74) is 3.51. The van der Waals surface area contributed by atoms with Crippen LogP contribution in [0.5, 0.6) is 0 Å². The lowest BCUT2D eigenvalue weighted by Gasteiger charge is -2.07. The van der Waals surface area contributed by atoms with Crippen LogP contribution in [0.4, 0.5) is 13.2 Å². The Balaban J connectivity index is 1.58. The van der Waals surface area contributed by atoms with Crippen molar-refractivity contribution in [3.8, 4) is 11.1 Å². The minimum absolute atomic E-state index is 0.221.